The van der Waals surface area contributed by atoms with Gasteiger partial charge in [-0.15, -0.1) is 0 Å². The van der Waals surface area contributed by atoms with Crippen LogP contribution in [0.5, 0.6) is 0 Å². The summed E-state index contributed by atoms with van der Waals surface area (Å²) < 4.78 is 0. The summed E-state index contributed by atoms with van der Waals surface area (Å²) in [6.07, 6.45) is 4.95. The van der Waals surface area contributed by atoms with Crippen molar-refractivity contribution in [3.63, 3.8) is 0 Å². The molecule has 2 aromatic rings. The molecule has 0 spiro atoms. The molecular formula is C13H14N2O. The summed E-state index contributed by atoms with van der Waals surface area (Å²) >= 11 is 0. The second-order valence-corrected chi connectivity index (χ2v) is 4.46. The first-order chi connectivity index (χ1) is 7.86. The fourth-order valence-electron chi connectivity index (χ4n) is 2.65. The van der Waals surface area contributed by atoms with Crippen LogP contribution in [0.15, 0.2) is 29.1 Å². The van der Waals surface area contributed by atoms with Gasteiger partial charge in [0.15, 0.2) is 0 Å². The van der Waals surface area contributed by atoms with Crippen molar-refractivity contribution in [1.29, 1.82) is 0 Å². The second kappa shape index (κ2) is 3.74. The molecule has 0 saturated heterocycles. The van der Waals surface area contributed by atoms with Gasteiger partial charge in [0, 0.05) is 11.3 Å². The highest BCUT2D eigenvalue weighted by Gasteiger charge is 2.21. The maximum absolute atomic E-state index is 11.6. The zero-order valence-corrected chi connectivity index (χ0v) is 9.07. The summed E-state index contributed by atoms with van der Waals surface area (Å²) in [6, 6.07) is 7.75. The van der Waals surface area contributed by atoms with Gasteiger partial charge in [-0.25, -0.2) is 5.10 Å². The van der Waals surface area contributed by atoms with Crippen molar-refractivity contribution in [2.45, 2.75) is 31.6 Å². The van der Waals surface area contributed by atoms with Crippen LogP contribution in [-0.2, 0) is 0 Å². The van der Waals surface area contributed by atoms with E-state index in [1.54, 1.807) is 0 Å². The van der Waals surface area contributed by atoms with Gasteiger partial charge in [-0.2, -0.15) is 5.10 Å². The van der Waals surface area contributed by atoms with Crippen molar-refractivity contribution < 1.29 is 0 Å². The number of H-pyrrole nitrogens is 1. The van der Waals surface area contributed by atoms with Gasteiger partial charge in [-0.1, -0.05) is 31.0 Å². The molecule has 0 aliphatic heterocycles. The summed E-state index contributed by atoms with van der Waals surface area (Å²) in [5.74, 6) is 0.529. The summed E-state index contributed by atoms with van der Waals surface area (Å²) in [7, 11) is 0. The van der Waals surface area contributed by atoms with Crippen LogP contribution in [0, 0.1) is 0 Å². The Morgan fingerprint density at radius 3 is 2.56 bits per heavy atom. The van der Waals surface area contributed by atoms with Crippen molar-refractivity contribution in [3.05, 3.63) is 40.3 Å². The number of hydrogen-bond acceptors (Lipinski definition) is 2. The van der Waals surface area contributed by atoms with E-state index in [-0.39, 0.29) is 5.56 Å². The van der Waals surface area contributed by atoms with E-state index in [1.165, 1.54) is 25.7 Å². The fourth-order valence-corrected chi connectivity index (χ4v) is 2.65. The van der Waals surface area contributed by atoms with Gasteiger partial charge in [-0.3, -0.25) is 4.79 Å². The average molecular weight is 214 g/mol. The minimum Gasteiger partial charge on any atom is -0.267 e. The van der Waals surface area contributed by atoms with Crippen LogP contribution in [0.25, 0.3) is 10.8 Å². The van der Waals surface area contributed by atoms with Gasteiger partial charge in [0.05, 0.1) is 11.1 Å². The molecule has 0 unspecified atom stereocenters. The van der Waals surface area contributed by atoms with Crippen molar-refractivity contribution in [3.8, 4) is 0 Å². The molecule has 1 aliphatic rings. The molecule has 0 amide bonds. The van der Waals surface area contributed by atoms with Gasteiger partial charge in [0.25, 0.3) is 5.56 Å². The van der Waals surface area contributed by atoms with Gasteiger partial charge >= 0.3 is 0 Å². The Labute approximate surface area is 93.5 Å². The molecule has 3 heteroatoms. The van der Waals surface area contributed by atoms with Crippen LogP contribution < -0.4 is 5.56 Å². The topological polar surface area (TPSA) is 45.8 Å². The van der Waals surface area contributed by atoms with Gasteiger partial charge in [-0.05, 0) is 18.9 Å². The SMILES string of the molecule is O=c1[nH]nc(C2CCCC2)c2ccccc12. The number of rotatable bonds is 1. The molecule has 3 nitrogen and oxygen atoms in total. The van der Waals surface area contributed by atoms with Crippen molar-refractivity contribution in [1.82, 2.24) is 10.2 Å². The molecule has 0 radical (unpaired) electrons. The van der Waals surface area contributed by atoms with Crippen LogP contribution >= 0.6 is 0 Å². The lowest BCUT2D eigenvalue weighted by Gasteiger charge is -2.10. The zero-order chi connectivity index (χ0) is 11.0. The van der Waals surface area contributed by atoms with Gasteiger partial charge in [0.1, 0.15) is 0 Å². The molecular weight excluding hydrogens is 200 g/mol. The molecule has 1 aromatic carbocycles. The van der Waals surface area contributed by atoms with E-state index in [0.29, 0.717) is 5.92 Å². The average Bonchev–Trinajstić information content (AvgIpc) is 2.83. The van der Waals surface area contributed by atoms with Crippen LogP contribution in [-0.4, -0.2) is 10.2 Å². The Hall–Kier alpha value is -1.64. The molecule has 0 atom stereocenters. The molecule has 3 rings (SSSR count). The van der Waals surface area contributed by atoms with Crippen LogP contribution in [0.3, 0.4) is 0 Å². The largest absolute Gasteiger partial charge is 0.272 e. The Balaban J connectivity index is 2.25. The summed E-state index contributed by atoms with van der Waals surface area (Å²) in [6.45, 7) is 0. The minimum absolute atomic E-state index is 0.0858. The first kappa shape index (κ1) is 9.58. The lowest BCUT2D eigenvalue weighted by Crippen LogP contribution is -2.12. The van der Waals surface area contributed by atoms with Crippen molar-refractivity contribution in [2.75, 3.05) is 0 Å². The number of benzene rings is 1. The molecule has 1 aromatic heterocycles. The lowest BCUT2D eigenvalue weighted by atomic mass is 9.99. The van der Waals surface area contributed by atoms with Gasteiger partial charge < -0.3 is 0 Å². The summed E-state index contributed by atoms with van der Waals surface area (Å²) in [5.41, 5.74) is 0.991. The fraction of sp³-hybridized carbons (Fsp3) is 0.385. The molecule has 82 valence electrons. The summed E-state index contributed by atoms with van der Waals surface area (Å²) in [5, 5.41) is 8.65. The van der Waals surface area contributed by atoms with E-state index in [1.807, 2.05) is 24.3 Å². The molecule has 16 heavy (non-hydrogen) atoms. The normalized spacial score (nSPS) is 17.0. The van der Waals surface area contributed by atoms with E-state index >= 15 is 0 Å². The van der Waals surface area contributed by atoms with Gasteiger partial charge in [0.2, 0.25) is 0 Å². The Morgan fingerprint density at radius 2 is 1.81 bits per heavy atom. The van der Waals surface area contributed by atoms with Crippen LogP contribution in [0.4, 0.5) is 0 Å². The van der Waals surface area contributed by atoms with E-state index in [0.717, 1.165) is 16.5 Å². The lowest BCUT2D eigenvalue weighted by molar-refractivity contribution is 0.687. The quantitative estimate of drug-likeness (QED) is 0.793. The third-order valence-corrected chi connectivity index (χ3v) is 3.47. The smallest absolute Gasteiger partial charge is 0.267 e. The van der Waals surface area contributed by atoms with E-state index in [2.05, 4.69) is 10.2 Å². The predicted molar refractivity (Wildman–Crippen MR) is 63.6 cm³/mol. The highest BCUT2D eigenvalue weighted by molar-refractivity contribution is 5.83. The maximum atomic E-state index is 11.6. The minimum atomic E-state index is -0.0858. The monoisotopic (exact) mass is 214 g/mol. The van der Waals surface area contributed by atoms with Crippen molar-refractivity contribution in [2.24, 2.45) is 0 Å². The number of fused-ring (bicyclic) bond motifs is 1. The standard InChI is InChI=1S/C13H14N2O/c16-13-11-8-4-3-7-10(11)12(14-15-13)9-5-1-2-6-9/h3-4,7-9H,1-2,5-6H2,(H,15,16). The third-order valence-electron chi connectivity index (χ3n) is 3.47. The highest BCUT2D eigenvalue weighted by Crippen LogP contribution is 2.35. The number of aromatic amines is 1. The van der Waals surface area contributed by atoms with E-state index in [9.17, 15) is 4.79 Å². The zero-order valence-electron chi connectivity index (χ0n) is 9.07. The molecule has 0 bridgehead atoms. The van der Waals surface area contributed by atoms with E-state index in [4.69, 9.17) is 0 Å². The molecule has 1 N–H and O–H groups in total. The number of aromatic nitrogens is 2. The molecule has 1 aliphatic carbocycles. The van der Waals surface area contributed by atoms with Crippen molar-refractivity contribution >= 4 is 10.8 Å². The maximum Gasteiger partial charge on any atom is 0.272 e. The van der Waals surface area contributed by atoms with Crippen LogP contribution in [0.2, 0.25) is 0 Å². The van der Waals surface area contributed by atoms with Crippen LogP contribution in [0.1, 0.15) is 37.3 Å². The number of nitrogens with zero attached hydrogens (tertiary/aromatic N) is 1. The first-order valence-electron chi connectivity index (χ1n) is 5.83. The number of nitrogens with one attached hydrogen (secondary N) is 1. The molecule has 1 saturated carbocycles. The predicted octanol–water partition coefficient (Wildman–Crippen LogP) is 2.58. The Kier molecular flexibility index (Phi) is 2.24. The Bertz CT molecular complexity index is 567. The second-order valence-electron chi connectivity index (χ2n) is 4.46. The first-order valence-corrected chi connectivity index (χ1v) is 5.83. The molecule has 1 fully saturated rings. The Morgan fingerprint density at radius 1 is 1.12 bits per heavy atom. The highest BCUT2D eigenvalue weighted by atomic mass is 16.1. The summed E-state index contributed by atoms with van der Waals surface area (Å²) in [4.78, 5) is 11.6. The molecule has 1 heterocycles. The van der Waals surface area contributed by atoms with E-state index < -0.39 is 0 Å². The third kappa shape index (κ3) is 1.43. The number of hydrogen-bond donors (Lipinski definition) is 1.